The predicted octanol–water partition coefficient (Wildman–Crippen LogP) is 0.435. The summed E-state index contributed by atoms with van der Waals surface area (Å²) in [5, 5.41) is 3.64. The molecule has 1 rings (SSSR count). The van der Waals surface area contributed by atoms with Crippen LogP contribution in [-0.2, 0) is 10.1 Å². The molecule has 0 bridgehead atoms. The smallest absolute Gasteiger partial charge is 0.748 e. The van der Waals surface area contributed by atoms with E-state index in [9.17, 15) is 13.0 Å². The Labute approximate surface area is 186 Å². The molecule has 0 aliphatic heterocycles. The zero-order valence-electron chi connectivity index (χ0n) is 14.5. The van der Waals surface area contributed by atoms with Gasteiger partial charge in [0.25, 0.3) is 0 Å². The van der Waals surface area contributed by atoms with Crippen LogP contribution in [0.1, 0.15) is 77.6 Å². The van der Waals surface area contributed by atoms with Crippen LogP contribution in [0.4, 0.5) is 0 Å². The fraction of sp³-hybridized carbons (Fsp3) is 1.00. The molecule has 0 radical (unpaired) electrons. The fourth-order valence-electron chi connectivity index (χ4n) is 3.22. The van der Waals surface area contributed by atoms with Crippen LogP contribution in [0, 0.1) is 5.92 Å². The minimum atomic E-state index is -4.06. The molecule has 0 aromatic carbocycles. The molecule has 1 aliphatic carbocycles. The van der Waals surface area contributed by atoms with Gasteiger partial charge in [-0.1, -0.05) is 51.9 Å². The molecule has 6 heteroatoms. The molecule has 0 amide bonds. The second-order valence-corrected chi connectivity index (χ2v) is 7.94. The maximum absolute atomic E-state index is 10.8. The van der Waals surface area contributed by atoms with Crippen molar-refractivity contribution in [2.45, 2.75) is 83.6 Å². The Kier molecular flexibility index (Phi) is 15.0. The minimum Gasteiger partial charge on any atom is -0.748 e. The Morgan fingerprint density at radius 3 is 2.32 bits per heavy atom. The number of rotatable bonds is 11. The first-order valence-corrected chi connectivity index (χ1v) is 10.3. The Balaban J connectivity index is 0.00000441. The normalized spacial score (nSPS) is 17.9. The number of unbranched alkanes of at least 4 members (excludes halogenated alkanes) is 3. The first-order chi connectivity index (χ1) is 10.0. The molecule has 1 aliphatic rings. The number of hydrogen-bond acceptors (Lipinski definition) is 4. The second kappa shape index (κ2) is 13.9. The SMILES string of the molecule is CCC(CCCCCCNC1CCCCC1)CS(=O)(=O)[O-].[Rb+]. The Morgan fingerprint density at radius 1 is 1.09 bits per heavy atom. The summed E-state index contributed by atoms with van der Waals surface area (Å²) in [6, 6.07) is 0.741. The van der Waals surface area contributed by atoms with Crippen LogP contribution in [0.2, 0.25) is 0 Å². The maximum Gasteiger partial charge on any atom is 1.00 e. The van der Waals surface area contributed by atoms with Gasteiger partial charge in [-0.15, -0.1) is 0 Å². The molecule has 1 atom stereocenters. The van der Waals surface area contributed by atoms with E-state index >= 15 is 0 Å². The van der Waals surface area contributed by atoms with Gasteiger partial charge in [0.1, 0.15) is 0 Å². The quantitative estimate of drug-likeness (QED) is 0.401. The van der Waals surface area contributed by atoms with Gasteiger partial charge in [0.2, 0.25) is 0 Å². The molecule has 126 valence electrons. The summed E-state index contributed by atoms with van der Waals surface area (Å²) in [6.07, 6.45) is 13.0. The van der Waals surface area contributed by atoms with Crippen LogP contribution in [-0.4, -0.2) is 31.3 Å². The van der Waals surface area contributed by atoms with Crippen LogP contribution < -0.4 is 63.5 Å². The molecule has 1 saturated carbocycles. The second-order valence-electron chi connectivity index (χ2n) is 6.49. The van der Waals surface area contributed by atoms with Gasteiger partial charge in [-0.3, -0.25) is 0 Å². The Hall–Kier alpha value is 1.68. The molecule has 0 spiro atoms. The van der Waals surface area contributed by atoms with Crippen LogP contribution >= 0.6 is 0 Å². The molecule has 0 aromatic rings. The third kappa shape index (κ3) is 13.0. The van der Waals surface area contributed by atoms with Gasteiger partial charge in [0.15, 0.2) is 0 Å². The van der Waals surface area contributed by atoms with Crippen molar-refractivity contribution in [3.63, 3.8) is 0 Å². The fourth-order valence-corrected chi connectivity index (χ4v) is 4.20. The molecular formula is C16H32NO3RbS. The van der Waals surface area contributed by atoms with Crippen molar-refractivity contribution in [2.24, 2.45) is 5.92 Å². The monoisotopic (exact) mass is 403 g/mol. The van der Waals surface area contributed by atoms with Crippen molar-refractivity contribution < 1.29 is 71.2 Å². The molecule has 0 aromatic heterocycles. The Bertz CT molecular complexity index is 356. The van der Waals surface area contributed by atoms with Gasteiger partial charge in [-0.25, -0.2) is 8.42 Å². The van der Waals surface area contributed by atoms with Gasteiger partial charge in [0.05, 0.1) is 10.1 Å². The summed E-state index contributed by atoms with van der Waals surface area (Å²) in [7, 11) is -4.06. The maximum atomic E-state index is 10.8. The summed E-state index contributed by atoms with van der Waals surface area (Å²) < 4.78 is 32.3. The first kappa shape index (κ1) is 23.7. The van der Waals surface area contributed by atoms with Crippen molar-refractivity contribution >= 4 is 10.1 Å². The largest absolute Gasteiger partial charge is 1.00 e. The third-order valence-electron chi connectivity index (χ3n) is 4.59. The van der Waals surface area contributed by atoms with Crippen molar-refractivity contribution in [2.75, 3.05) is 12.3 Å². The summed E-state index contributed by atoms with van der Waals surface area (Å²) in [4.78, 5) is 0. The standard InChI is InChI=1S/C16H33NO3S.Rb/c1-2-15(14-21(18,19)20)10-6-3-4-9-13-17-16-11-7-5-8-12-16;/h15-17H,2-14H2,1H3,(H,18,19,20);/q;+1/p-1. The molecule has 1 unspecified atom stereocenters. The molecule has 0 saturated heterocycles. The van der Waals surface area contributed by atoms with E-state index < -0.39 is 10.1 Å². The topological polar surface area (TPSA) is 69.2 Å². The van der Waals surface area contributed by atoms with E-state index in [4.69, 9.17) is 0 Å². The van der Waals surface area contributed by atoms with E-state index in [2.05, 4.69) is 5.32 Å². The molecule has 0 heterocycles. The molecular weight excluding hydrogens is 372 g/mol. The summed E-state index contributed by atoms with van der Waals surface area (Å²) in [5.74, 6) is -0.139. The van der Waals surface area contributed by atoms with Crippen LogP contribution in [0.5, 0.6) is 0 Å². The van der Waals surface area contributed by atoms with Gasteiger partial charge in [-0.05, 0) is 38.1 Å². The number of nitrogens with one attached hydrogen (secondary N) is 1. The molecule has 22 heavy (non-hydrogen) atoms. The average Bonchev–Trinajstić information content (AvgIpc) is 2.45. The van der Waals surface area contributed by atoms with Gasteiger partial charge in [0, 0.05) is 11.8 Å². The van der Waals surface area contributed by atoms with Crippen molar-refractivity contribution in [1.82, 2.24) is 5.32 Å². The first-order valence-electron chi connectivity index (χ1n) is 8.68. The van der Waals surface area contributed by atoms with Gasteiger partial charge >= 0.3 is 58.2 Å². The van der Waals surface area contributed by atoms with Gasteiger partial charge in [-0.2, -0.15) is 0 Å². The molecule has 1 fully saturated rings. The molecule has 1 N–H and O–H groups in total. The van der Waals surface area contributed by atoms with E-state index in [1.165, 1.54) is 44.9 Å². The van der Waals surface area contributed by atoms with Crippen molar-refractivity contribution in [1.29, 1.82) is 0 Å². The summed E-state index contributed by atoms with van der Waals surface area (Å²) in [5.41, 5.74) is 0. The average molecular weight is 404 g/mol. The summed E-state index contributed by atoms with van der Waals surface area (Å²) >= 11 is 0. The van der Waals surface area contributed by atoms with Crippen LogP contribution in [0.15, 0.2) is 0 Å². The third-order valence-corrected chi connectivity index (χ3v) is 5.47. The summed E-state index contributed by atoms with van der Waals surface area (Å²) in [6.45, 7) is 3.07. The van der Waals surface area contributed by atoms with Crippen molar-refractivity contribution in [3.8, 4) is 0 Å². The van der Waals surface area contributed by atoms with E-state index in [0.29, 0.717) is 0 Å². The predicted molar refractivity (Wildman–Crippen MR) is 86.3 cm³/mol. The van der Waals surface area contributed by atoms with Gasteiger partial charge < -0.3 is 9.87 Å². The van der Waals surface area contributed by atoms with Crippen LogP contribution in [0.3, 0.4) is 0 Å². The number of hydrogen-bond donors (Lipinski definition) is 1. The van der Waals surface area contributed by atoms with E-state index in [1.54, 1.807) is 0 Å². The van der Waals surface area contributed by atoms with E-state index in [-0.39, 0.29) is 69.9 Å². The Morgan fingerprint density at radius 2 is 1.73 bits per heavy atom. The van der Waals surface area contributed by atoms with E-state index in [0.717, 1.165) is 38.3 Å². The zero-order chi connectivity index (χ0) is 15.6. The van der Waals surface area contributed by atoms with Crippen LogP contribution in [0.25, 0.3) is 0 Å². The minimum absolute atomic E-state index is 0. The van der Waals surface area contributed by atoms with Crippen molar-refractivity contribution in [3.05, 3.63) is 0 Å². The molecule has 4 nitrogen and oxygen atoms in total. The zero-order valence-corrected chi connectivity index (χ0v) is 20.2. The van der Waals surface area contributed by atoms with E-state index in [1.807, 2.05) is 6.92 Å².